The van der Waals surface area contributed by atoms with E-state index in [1.807, 2.05) is 18.2 Å². The Bertz CT molecular complexity index is 1410. The summed E-state index contributed by atoms with van der Waals surface area (Å²) in [5, 5.41) is 16.4. The van der Waals surface area contributed by atoms with Crippen molar-refractivity contribution in [1.82, 2.24) is 10.2 Å². The first-order valence-corrected chi connectivity index (χ1v) is 10.7. The maximum atomic E-state index is 15.4. The van der Waals surface area contributed by atoms with Crippen molar-refractivity contribution in [2.75, 3.05) is 7.11 Å². The van der Waals surface area contributed by atoms with Gasteiger partial charge in [-0.15, -0.1) is 5.10 Å². The molecule has 1 heterocycles. The number of fused-ring (bicyclic) bond motifs is 1. The molecule has 4 nitrogen and oxygen atoms in total. The fraction of sp³-hybridized carbons (Fsp3) is 0.185. The third-order valence-electron chi connectivity index (χ3n) is 6.29. The van der Waals surface area contributed by atoms with Crippen LogP contribution in [0, 0.1) is 35.1 Å². The molecular weight excluding hydrogens is 420 g/mol. The number of nitrogens with zero attached hydrogens (tertiary/aromatic N) is 2. The molecule has 1 radical (unpaired) electrons. The number of nitriles is 1. The lowest BCUT2D eigenvalue weighted by molar-refractivity contribution is 0.398. The maximum absolute atomic E-state index is 15.4. The van der Waals surface area contributed by atoms with Gasteiger partial charge in [0.05, 0.1) is 23.6 Å². The Morgan fingerprint density at radius 3 is 2.61 bits per heavy atom. The quantitative estimate of drug-likeness (QED) is 0.372. The van der Waals surface area contributed by atoms with Crippen molar-refractivity contribution < 1.29 is 13.5 Å². The molecule has 1 N–H and O–H groups in total. The van der Waals surface area contributed by atoms with Crippen molar-refractivity contribution in [1.29, 1.82) is 5.26 Å². The number of halogens is 2. The number of H-pyrrole nitrogens is 1. The molecule has 1 aliphatic carbocycles. The molecule has 0 spiro atoms. The molecular formula is C27H20F2N3O. The van der Waals surface area contributed by atoms with E-state index in [2.05, 4.69) is 22.3 Å². The van der Waals surface area contributed by atoms with Gasteiger partial charge in [0, 0.05) is 17.2 Å². The summed E-state index contributed by atoms with van der Waals surface area (Å²) in [5.41, 5.74) is 3.78. The van der Waals surface area contributed by atoms with Gasteiger partial charge < -0.3 is 4.74 Å². The summed E-state index contributed by atoms with van der Waals surface area (Å²) in [6.45, 7) is 0. The normalized spacial score (nSPS) is 14.5. The second kappa shape index (κ2) is 8.51. The summed E-state index contributed by atoms with van der Waals surface area (Å²) in [6.07, 6.45) is 2.85. The van der Waals surface area contributed by atoms with Gasteiger partial charge in [-0.1, -0.05) is 36.8 Å². The number of nitrogens with one attached hydrogen (secondary N) is 1. The molecule has 6 heteroatoms. The molecule has 33 heavy (non-hydrogen) atoms. The van der Waals surface area contributed by atoms with E-state index in [1.54, 1.807) is 30.3 Å². The molecule has 0 aliphatic heterocycles. The molecule has 0 unspecified atom stereocenters. The minimum absolute atomic E-state index is 0.105. The monoisotopic (exact) mass is 440 g/mol. The number of aromatic amines is 1. The van der Waals surface area contributed by atoms with E-state index in [0.29, 0.717) is 28.0 Å². The molecule has 0 saturated heterocycles. The third-order valence-corrected chi connectivity index (χ3v) is 6.29. The van der Waals surface area contributed by atoms with Crippen LogP contribution in [-0.2, 0) is 0 Å². The highest BCUT2D eigenvalue weighted by molar-refractivity contribution is 6.03. The number of aromatic nitrogens is 2. The van der Waals surface area contributed by atoms with Crippen molar-refractivity contribution >= 4 is 22.0 Å². The predicted molar refractivity (Wildman–Crippen MR) is 122 cm³/mol. The number of hydrogen-bond acceptors (Lipinski definition) is 3. The highest BCUT2D eigenvalue weighted by Crippen LogP contribution is 2.47. The van der Waals surface area contributed by atoms with E-state index >= 15 is 4.39 Å². The number of rotatable bonds is 5. The zero-order valence-corrected chi connectivity index (χ0v) is 18.0. The van der Waals surface area contributed by atoms with Gasteiger partial charge in [-0.3, -0.25) is 5.10 Å². The number of methoxy groups -OCH3 is 1. The Labute approximate surface area is 190 Å². The van der Waals surface area contributed by atoms with Crippen LogP contribution in [0.1, 0.15) is 41.5 Å². The third kappa shape index (κ3) is 3.56. The highest BCUT2D eigenvalue weighted by Gasteiger charge is 2.30. The molecule has 0 bridgehead atoms. The Morgan fingerprint density at radius 2 is 1.97 bits per heavy atom. The second-order valence-corrected chi connectivity index (χ2v) is 8.08. The zero-order chi connectivity index (χ0) is 22.9. The van der Waals surface area contributed by atoms with Crippen molar-refractivity contribution in [3.63, 3.8) is 0 Å². The SMILES string of the molecule is COc1ccc(/C(=C(\c2[c]cccc2)c2ccc3[nH]nc(F)c3c2C#N)C2CCC2)c(F)c1. The van der Waals surface area contributed by atoms with E-state index < -0.39 is 11.8 Å². The lowest BCUT2D eigenvalue weighted by Gasteiger charge is -2.32. The van der Waals surface area contributed by atoms with Gasteiger partial charge in [0.15, 0.2) is 0 Å². The molecule has 1 aromatic heterocycles. The summed E-state index contributed by atoms with van der Waals surface area (Å²) in [4.78, 5) is 0. The van der Waals surface area contributed by atoms with Crippen molar-refractivity contribution in [2.45, 2.75) is 19.3 Å². The van der Waals surface area contributed by atoms with Crippen LogP contribution in [-0.4, -0.2) is 17.3 Å². The molecule has 1 fully saturated rings. The first-order chi connectivity index (χ1) is 16.1. The van der Waals surface area contributed by atoms with Gasteiger partial charge in [-0.25, -0.2) is 4.39 Å². The summed E-state index contributed by atoms with van der Waals surface area (Å²) >= 11 is 0. The van der Waals surface area contributed by atoms with Gasteiger partial charge >= 0.3 is 0 Å². The molecule has 0 amide bonds. The van der Waals surface area contributed by atoms with E-state index in [1.165, 1.54) is 13.2 Å². The Balaban J connectivity index is 1.89. The van der Waals surface area contributed by atoms with Crippen LogP contribution in [0.15, 0.2) is 54.6 Å². The van der Waals surface area contributed by atoms with Gasteiger partial charge in [0.1, 0.15) is 17.6 Å². The summed E-state index contributed by atoms with van der Waals surface area (Å²) in [5.74, 6) is -0.607. The summed E-state index contributed by atoms with van der Waals surface area (Å²) in [7, 11) is 1.50. The van der Waals surface area contributed by atoms with Gasteiger partial charge in [0.25, 0.3) is 0 Å². The number of benzene rings is 3. The standard InChI is InChI=1S/C27H20F2N3O/c1-33-18-10-11-20(22(28)14-18)25(17-8-5-9-17)24(16-6-3-2-4-7-16)19-12-13-23-26(21(19)15-30)27(29)32-31-23/h2-4,6,10-14,17H,5,8-9H2,1H3,(H,31,32)/b25-24+. The van der Waals surface area contributed by atoms with E-state index in [-0.39, 0.29) is 16.9 Å². The van der Waals surface area contributed by atoms with Crippen molar-refractivity contribution in [3.05, 3.63) is 94.7 Å². The number of allylic oxidation sites excluding steroid dienone is 1. The largest absolute Gasteiger partial charge is 0.497 e. The minimum Gasteiger partial charge on any atom is -0.497 e. The Morgan fingerprint density at radius 1 is 1.15 bits per heavy atom. The average Bonchev–Trinajstić information content (AvgIpc) is 3.19. The number of ether oxygens (including phenoxy) is 1. The van der Waals surface area contributed by atoms with Crippen LogP contribution in [0.25, 0.3) is 22.0 Å². The van der Waals surface area contributed by atoms with E-state index in [4.69, 9.17) is 4.74 Å². The van der Waals surface area contributed by atoms with Gasteiger partial charge in [-0.05, 0) is 59.7 Å². The lowest BCUT2D eigenvalue weighted by Crippen LogP contribution is -2.16. The Hall–Kier alpha value is -3.98. The molecule has 3 aromatic carbocycles. The molecule has 5 rings (SSSR count). The van der Waals surface area contributed by atoms with Crippen LogP contribution in [0.3, 0.4) is 0 Å². The average molecular weight is 440 g/mol. The van der Waals surface area contributed by atoms with E-state index in [9.17, 15) is 9.65 Å². The molecule has 163 valence electrons. The van der Waals surface area contributed by atoms with Crippen molar-refractivity contribution in [3.8, 4) is 11.8 Å². The topological polar surface area (TPSA) is 61.7 Å². The van der Waals surface area contributed by atoms with Crippen LogP contribution < -0.4 is 4.74 Å². The Kier molecular flexibility index (Phi) is 5.39. The number of hydrogen-bond donors (Lipinski definition) is 1. The van der Waals surface area contributed by atoms with Crippen LogP contribution in [0.4, 0.5) is 8.78 Å². The molecule has 0 atom stereocenters. The predicted octanol–water partition coefficient (Wildman–Crippen LogP) is 6.28. The van der Waals surface area contributed by atoms with Crippen LogP contribution >= 0.6 is 0 Å². The summed E-state index contributed by atoms with van der Waals surface area (Å²) < 4.78 is 35.1. The molecule has 4 aromatic rings. The smallest absolute Gasteiger partial charge is 0.241 e. The van der Waals surface area contributed by atoms with E-state index in [0.717, 1.165) is 30.4 Å². The molecule has 1 saturated carbocycles. The first kappa shape index (κ1) is 20.9. The molecule has 1 aliphatic rings. The fourth-order valence-electron chi connectivity index (χ4n) is 4.48. The lowest BCUT2D eigenvalue weighted by atomic mass is 9.72. The highest BCUT2D eigenvalue weighted by atomic mass is 19.1. The van der Waals surface area contributed by atoms with Crippen LogP contribution in [0.2, 0.25) is 0 Å². The van der Waals surface area contributed by atoms with Gasteiger partial charge in [0.2, 0.25) is 5.95 Å². The maximum Gasteiger partial charge on any atom is 0.241 e. The second-order valence-electron chi connectivity index (χ2n) is 8.08. The summed E-state index contributed by atoms with van der Waals surface area (Å²) in [6, 6.07) is 21.1. The first-order valence-electron chi connectivity index (χ1n) is 10.7. The van der Waals surface area contributed by atoms with Gasteiger partial charge in [-0.2, -0.15) is 9.65 Å². The zero-order valence-electron chi connectivity index (χ0n) is 18.0. The van der Waals surface area contributed by atoms with Crippen LogP contribution in [0.5, 0.6) is 5.75 Å². The van der Waals surface area contributed by atoms with Crippen molar-refractivity contribution in [2.24, 2.45) is 5.92 Å². The minimum atomic E-state index is -0.736. The fourth-order valence-corrected chi connectivity index (χ4v) is 4.48.